The van der Waals surface area contributed by atoms with Crippen LogP contribution in [0.1, 0.15) is 26.7 Å². The summed E-state index contributed by atoms with van der Waals surface area (Å²) in [6.07, 6.45) is 3.17. The molecular weight excluding hydrogens is 140 g/mol. The minimum absolute atomic E-state index is 0.196. The Bertz CT molecular complexity index is 185. The van der Waals surface area contributed by atoms with Crippen molar-refractivity contribution in [3.8, 4) is 6.07 Å². The summed E-state index contributed by atoms with van der Waals surface area (Å²) in [6, 6.07) is 1.48. The summed E-state index contributed by atoms with van der Waals surface area (Å²) in [7, 11) is 0. The first kappa shape index (κ1) is 9.87. The molecule has 1 unspecified atom stereocenters. The van der Waals surface area contributed by atoms with E-state index in [2.05, 4.69) is 4.99 Å². The van der Waals surface area contributed by atoms with E-state index >= 15 is 0 Å². The molecule has 0 saturated carbocycles. The third kappa shape index (κ3) is 2.97. The Hall–Kier alpha value is -1.13. The quantitative estimate of drug-likeness (QED) is 0.454. The molecule has 0 rings (SSSR count). The number of isocyanates is 1. The van der Waals surface area contributed by atoms with E-state index in [1.54, 1.807) is 0 Å². The van der Waals surface area contributed by atoms with Gasteiger partial charge in [-0.1, -0.05) is 26.7 Å². The number of aliphatic imine (C=N–C) groups is 1. The number of carbonyl (C=O) groups excluding carboxylic acids is 1. The van der Waals surface area contributed by atoms with Crippen LogP contribution in [0.25, 0.3) is 0 Å². The number of nitrogens with zero attached hydrogens (tertiary/aromatic N) is 2. The molecule has 0 spiro atoms. The van der Waals surface area contributed by atoms with Crippen LogP contribution in [0.4, 0.5) is 0 Å². The van der Waals surface area contributed by atoms with Gasteiger partial charge in [0, 0.05) is 0 Å². The maximum Gasteiger partial charge on any atom is 0.236 e. The molecular formula is C8H12N2O. The van der Waals surface area contributed by atoms with E-state index in [1.807, 2.05) is 19.9 Å². The number of rotatable bonds is 4. The molecule has 0 aliphatic rings. The molecule has 0 saturated heterocycles. The molecule has 11 heavy (non-hydrogen) atoms. The lowest BCUT2D eigenvalue weighted by Gasteiger charge is -2.12. The lowest BCUT2D eigenvalue weighted by molar-refractivity contribution is 0.449. The summed E-state index contributed by atoms with van der Waals surface area (Å²) < 4.78 is 0. The van der Waals surface area contributed by atoms with Crippen molar-refractivity contribution < 1.29 is 4.79 Å². The van der Waals surface area contributed by atoms with Crippen molar-refractivity contribution in [2.75, 3.05) is 0 Å². The predicted octanol–water partition coefficient (Wildman–Crippen LogP) is 1.65. The first-order valence-electron chi connectivity index (χ1n) is 3.76. The topological polar surface area (TPSA) is 53.2 Å². The van der Waals surface area contributed by atoms with Gasteiger partial charge in [-0.15, -0.1) is 0 Å². The zero-order chi connectivity index (χ0) is 8.69. The maximum atomic E-state index is 9.87. The first-order chi connectivity index (χ1) is 5.29. The lowest BCUT2D eigenvalue weighted by Crippen LogP contribution is -2.14. The Balaban J connectivity index is 4.23. The SMILES string of the molecule is CCC(CC)C(C#N)N=C=O. The van der Waals surface area contributed by atoms with Gasteiger partial charge in [0.1, 0.15) is 0 Å². The van der Waals surface area contributed by atoms with Gasteiger partial charge in [0.05, 0.1) is 6.07 Å². The van der Waals surface area contributed by atoms with Crippen molar-refractivity contribution in [3.05, 3.63) is 0 Å². The molecule has 0 heterocycles. The molecule has 0 fully saturated rings. The average molecular weight is 152 g/mol. The zero-order valence-corrected chi connectivity index (χ0v) is 6.87. The van der Waals surface area contributed by atoms with Gasteiger partial charge in [-0.2, -0.15) is 10.3 Å². The van der Waals surface area contributed by atoms with Gasteiger partial charge in [-0.05, 0) is 5.92 Å². The van der Waals surface area contributed by atoms with E-state index in [9.17, 15) is 4.79 Å². The first-order valence-corrected chi connectivity index (χ1v) is 3.76. The van der Waals surface area contributed by atoms with Gasteiger partial charge < -0.3 is 0 Å². The van der Waals surface area contributed by atoms with Crippen molar-refractivity contribution >= 4 is 6.08 Å². The molecule has 0 aromatic rings. The van der Waals surface area contributed by atoms with E-state index < -0.39 is 6.04 Å². The fraction of sp³-hybridized carbons (Fsp3) is 0.750. The Morgan fingerprint density at radius 2 is 2.00 bits per heavy atom. The van der Waals surface area contributed by atoms with E-state index in [1.165, 1.54) is 6.08 Å². The predicted molar refractivity (Wildman–Crippen MR) is 41.6 cm³/mol. The second-order valence-corrected chi connectivity index (χ2v) is 2.37. The summed E-state index contributed by atoms with van der Waals surface area (Å²) in [5.41, 5.74) is 0. The van der Waals surface area contributed by atoms with Gasteiger partial charge in [0.25, 0.3) is 0 Å². The average Bonchev–Trinajstić information content (AvgIpc) is 2.05. The summed E-state index contributed by atoms with van der Waals surface area (Å²) >= 11 is 0. The van der Waals surface area contributed by atoms with Gasteiger partial charge in [-0.3, -0.25) is 0 Å². The molecule has 0 bridgehead atoms. The third-order valence-corrected chi connectivity index (χ3v) is 1.82. The lowest BCUT2D eigenvalue weighted by atomic mass is 9.96. The Labute approximate surface area is 66.7 Å². The zero-order valence-electron chi connectivity index (χ0n) is 6.87. The van der Waals surface area contributed by atoms with Gasteiger partial charge in [0.2, 0.25) is 6.08 Å². The molecule has 0 aromatic heterocycles. The fourth-order valence-corrected chi connectivity index (χ4v) is 1.03. The van der Waals surface area contributed by atoms with Crippen LogP contribution in [0, 0.1) is 17.2 Å². The molecule has 3 heteroatoms. The fourth-order valence-electron chi connectivity index (χ4n) is 1.03. The largest absolute Gasteiger partial charge is 0.236 e. The molecule has 0 aliphatic heterocycles. The molecule has 60 valence electrons. The van der Waals surface area contributed by atoms with Crippen LogP contribution in [-0.4, -0.2) is 12.1 Å². The maximum absolute atomic E-state index is 9.87. The van der Waals surface area contributed by atoms with Crippen LogP contribution in [0.5, 0.6) is 0 Å². The van der Waals surface area contributed by atoms with E-state index in [0.717, 1.165) is 12.8 Å². The van der Waals surface area contributed by atoms with Crippen LogP contribution < -0.4 is 0 Å². The van der Waals surface area contributed by atoms with Gasteiger partial charge >= 0.3 is 0 Å². The Morgan fingerprint density at radius 3 is 2.27 bits per heavy atom. The summed E-state index contributed by atoms with van der Waals surface area (Å²) in [5.74, 6) is 0.196. The monoisotopic (exact) mass is 152 g/mol. The number of nitriles is 1. The van der Waals surface area contributed by atoms with Crippen molar-refractivity contribution in [1.82, 2.24) is 0 Å². The Morgan fingerprint density at radius 1 is 1.45 bits per heavy atom. The highest BCUT2D eigenvalue weighted by Gasteiger charge is 2.15. The van der Waals surface area contributed by atoms with Crippen LogP contribution in [-0.2, 0) is 4.79 Å². The van der Waals surface area contributed by atoms with E-state index in [-0.39, 0.29) is 5.92 Å². The molecule has 0 aliphatic carbocycles. The number of hydrogen-bond donors (Lipinski definition) is 0. The highest BCUT2D eigenvalue weighted by atomic mass is 16.1. The van der Waals surface area contributed by atoms with Crippen LogP contribution in [0.2, 0.25) is 0 Å². The van der Waals surface area contributed by atoms with Crippen LogP contribution in [0.3, 0.4) is 0 Å². The van der Waals surface area contributed by atoms with Crippen molar-refractivity contribution in [1.29, 1.82) is 5.26 Å². The minimum atomic E-state index is -0.498. The van der Waals surface area contributed by atoms with Crippen LogP contribution >= 0.6 is 0 Å². The van der Waals surface area contributed by atoms with Gasteiger partial charge in [-0.25, -0.2) is 4.79 Å². The summed E-state index contributed by atoms with van der Waals surface area (Å²) in [5, 5.41) is 8.57. The highest BCUT2D eigenvalue weighted by Crippen LogP contribution is 2.14. The molecule has 3 nitrogen and oxygen atoms in total. The van der Waals surface area contributed by atoms with Crippen molar-refractivity contribution in [3.63, 3.8) is 0 Å². The van der Waals surface area contributed by atoms with E-state index in [4.69, 9.17) is 5.26 Å². The second kappa shape index (κ2) is 5.64. The standard InChI is InChI=1S/C8H12N2O/c1-3-7(4-2)8(5-9)10-6-11/h7-8H,3-4H2,1-2H3. The minimum Gasteiger partial charge on any atom is -0.211 e. The van der Waals surface area contributed by atoms with Gasteiger partial charge in [0.15, 0.2) is 6.04 Å². The molecule has 0 aromatic carbocycles. The normalized spacial score (nSPS) is 11.8. The van der Waals surface area contributed by atoms with Crippen LogP contribution in [0.15, 0.2) is 4.99 Å². The molecule has 1 atom stereocenters. The summed E-state index contributed by atoms with van der Waals surface area (Å²) in [4.78, 5) is 13.3. The molecule has 0 N–H and O–H groups in total. The smallest absolute Gasteiger partial charge is 0.211 e. The molecule has 0 radical (unpaired) electrons. The summed E-state index contributed by atoms with van der Waals surface area (Å²) in [6.45, 7) is 3.97. The molecule has 0 amide bonds. The van der Waals surface area contributed by atoms with E-state index in [0.29, 0.717) is 0 Å². The van der Waals surface area contributed by atoms with Crippen molar-refractivity contribution in [2.24, 2.45) is 10.9 Å². The Kier molecular flexibility index (Phi) is 5.06. The second-order valence-electron chi connectivity index (χ2n) is 2.37. The van der Waals surface area contributed by atoms with Crippen molar-refractivity contribution in [2.45, 2.75) is 32.7 Å². The number of hydrogen-bond acceptors (Lipinski definition) is 3. The third-order valence-electron chi connectivity index (χ3n) is 1.82. The highest BCUT2D eigenvalue weighted by molar-refractivity contribution is 5.34.